The highest BCUT2D eigenvalue weighted by atomic mass is 16.5. The lowest BCUT2D eigenvalue weighted by Crippen LogP contribution is -2.33. The van der Waals surface area contributed by atoms with E-state index in [4.69, 9.17) is 16.3 Å². The quantitative estimate of drug-likeness (QED) is 0.422. The Morgan fingerprint density at radius 2 is 1.96 bits per heavy atom. The third-order valence-corrected chi connectivity index (χ3v) is 4.24. The second-order valence-electron chi connectivity index (χ2n) is 6.01. The minimum atomic E-state index is -0.499. The van der Waals surface area contributed by atoms with Crippen LogP contribution in [0.5, 0.6) is 5.75 Å². The Balaban J connectivity index is 2.43. The van der Waals surface area contributed by atoms with Crippen molar-refractivity contribution in [2.24, 2.45) is 5.84 Å². The first-order valence-corrected chi connectivity index (χ1v) is 8.29. The number of nitrogens with two attached hydrogens (primary N) is 2. The summed E-state index contributed by atoms with van der Waals surface area (Å²) >= 11 is 0. The second-order valence-corrected chi connectivity index (χ2v) is 6.01. The van der Waals surface area contributed by atoms with E-state index in [1.54, 1.807) is 6.92 Å². The molecule has 25 heavy (non-hydrogen) atoms. The Morgan fingerprint density at radius 1 is 1.28 bits per heavy atom. The average Bonchev–Trinajstić information content (AvgIpc) is 2.60. The zero-order valence-corrected chi connectivity index (χ0v) is 15.0. The Hall–Kier alpha value is -2.67. The van der Waals surface area contributed by atoms with Gasteiger partial charge in [-0.1, -0.05) is 32.0 Å². The molecule has 2 rings (SSSR count). The fourth-order valence-electron chi connectivity index (χ4n) is 2.73. The zero-order valence-electron chi connectivity index (χ0n) is 15.0. The molecule has 134 valence electrons. The number of hydrazine groups is 1. The van der Waals surface area contributed by atoms with Gasteiger partial charge in [-0.2, -0.15) is 0 Å². The summed E-state index contributed by atoms with van der Waals surface area (Å²) in [6, 6.07) is 7.86. The summed E-state index contributed by atoms with van der Waals surface area (Å²) in [5.74, 6) is 6.02. The molecule has 0 spiro atoms. The van der Waals surface area contributed by atoms with Gasteiger partial charge in [0.05, 0.1) is 17.0 Å². The number of nitrogens with one attached hydrogen (secondary N) is 1. The summed E-state index contributed by atoms with van der Waals surface area (Å²) in [7, 11) is 0. The number of aromatic nitrogens is 2. The monoisotopic (exact) mass is 343 g/mol. The van der Waals surface area contributed by atoms with Crippen LogP contribution in [0.1, 0.15) is 66.5 Å². The highest BCUT2D eigenvalue weighted by molar-refractivity contribution is 5.96. The molecule has 2 unspecified atom stereocenters. The van der Waals surface area contributed by atoms with Crippen molar-refractivity contribution in [3.63, 3.8) is 0 Å². The van der Waals surface area contributed by atoms with E-state index >= 15 is 0 Å². The van der Waals surface area contributed by atoms with Crippen molar-refractivity contribution in [3.05, 3.63) is 46.8 Å². The van der Waals surface area contributed by atoms with Crippen LogP contribution in [0.2, 0.25) is 0 Å². The molecule has 2 atom stereocenters. The first kappa shape index (κ1) is 18.7. The minimum absolute atomic E-state index is 0.0896. The number of rotatable bonds is 6. The van der Waals surface area contributed by atoms with Crippen LogP contribution in [-0.4, -0.2) is 15.9 Å². The van der Waals surface area contributed by atoms with Crippen LogP contribution in [0.3, 0.4) is 0 Å². The normalized spacial score (nSPS) is 13.2. The third-order valence-electron chi connectivity index (χ3n) is 4.24. The third kappa shape index (κ3) is 4.06. The molecule has 0 saturated carbocycles. The van der Waals surface area contributed by atoms with E-state index in [0.29, 0.717) is 17.3 Å². The van der Waals surface area contributed by atoms with E-state index in [1.807, 2.05) is 31.2 Å². The molecule has 0 saturated heterocycles. The van der Waals surface area contributed by atoms with Gasteiger partial charge in [0.25, 0.3) is 5.91 Å². The van der Waals surface area contributed by atoms with Gasteiger partial charge >= 0.3 is 0 Å². The maximum Gasteiger partial charge on any atom is 0.269 e. The molecular formula is C18H25N5O2. The minimum Gasteiger partial charge on any atom is -0.484 e. The van der Waals surface area contributed by atoms with Gasteiger partial charge in [-0.25, -0.2) is 15.8 Å². The lowest BCUT2D eigenvalue weighted by atomic mass is 9.97. The predicted molar refractivity (Wildman–Crippen MR) is 97.0 cm³/mol. The Bertz CT molecular complexity index is 763. The molecule has 1 aromatic heterocycles. The number of ether oxygens (including phenoxy) is 1. The van der Waals surface area contributed by atoms with Crippen molar-refractivity contribution >= 4 is 11.9 Å². The van der Waals surface area contributed by atoms with Gasteiger partial charge in [-0.05, 0) is 37.8 Å². The van der Waals surface area contributed by atoms with Gasteiger partial charge in [0.15, 0.2) is 0 Å². The van der Waals surface area contributed by atoms with Crippen molar-refractivity contribution < 1.29 is 9.53 Å². The molecule has 0 radical (unpaired) electrons. The molecule has 7 nitrogen and oxygen atoms in total. The fraction of sp³-hybridized carbons (Fsp3) is 0.389. The lowest BCUT2D eigenvalue weighted by molar-refractivity contribution is 0.0946. The predicted octanol–water partition coefficient (Wildman–Crippen LogP) is 2.62. The molecule has 5 N–H and O–H groups in total. The van der Waals surface area contributed by atoms with Crippen molar-refractivity contribution in [3.8, 4) is 5.75 Å². The summed E-state index contributed by atoms with van der Waals surface area (Å²) in [5.41, 5.74) is 10.1. The summed E-state index contributed by atoms with van der Waals surface area (Å²) in [5, 5.41) is 0. The molecule has 1 heterocycles. The number of amides is 1. The zero-order chi connectivity index (χ0) is 18.6. The number of benzene rings is 1. The van der Waals surface area contributed by atoms with Gasteiger partial charge in [0, 0.05) is 0 Å². The van der Waals surface area contributed by atoms with Crippen LogP contribution in [0, 0.1) is 6.92 Å². The molecule has 0 aliphatic carbocycles. The van der Waals surface area contributed by atoms with E-state index in [2.05, 4.69) is 29.2 Å². The highest BCUT2D eigenvalue weighted by Crippen LogP contribution is 2.32. The van der Waals surface area contributed by atoms with E-state index in [1.165, 1.54) is 0 Å². The fourth-order valence-corrected chi connectivity index (χ4v) is 2.73. The number of anilines is 1. The van der Waals surface area contributed by atoms with Gasteiger partial charge in [-0.15, -0.1) is 0 Å². The second kappa shape index (κ2) is 7.94. The highest BCUT2D eigenvalue weighted by Gasteiger charge is 2.24. The van der Waals surface area contributed by atoms with Gasteiger partial charge in [0.1, 0.15) is 11.9 Å². The standard InChI is InChI=1S/C18H25N5O2/c1-5-10(2)13-8-6-7-9-14(13)25-12(4)16-15(17(24)23-20)11(3)21-18(19)22-16/h6-10,12H,5,20H2,1-4H3,(H,23,24)(H2,19,21,22). The number of nitrogens with zero attached hydrogens (tertiary/aromatic N) is 2. The molecule has 7 heteroatoms. The number of para-hydroxylation sites is 1. The van der Waals surface area contributed by atoms with Crippen LogP contribution in [0.15, 0.2) is 24.3 Å². The average molecular weight is 343 g/mol. The summed E-state index contributed by atoms with van der Waals surface area (Å²) in [4.78, 5) is 20.4. The van der Waals surface area contributed by atoms with E-state index in [0.717, 1.165) is 17.7 Å². The van der Waals surface area contributed by atoms with Crippen LogP contribution >= 0.6 is 0 Å². The smallest absolute Gasteiger partial charge is 0.269 e. The number of carbonyl (C=O) groups excluding carboxylic acids is 1. The topological polar surface area (TPSA) is 116 Å². The van der Waals surface area contributed by atoms with Crippen molar-refractivity contribution in [1.82, 2.24) is 15.4 Å². The number of aryl methyl sites for hydroxylation is 1. The van der Waals surface area contributed by atoms with Crippen LogP contribution < -0.4 is 21.7 Å². The van der Waals surface area contributed by atoms with Crippen molar-refractivity contribution in [1.29, 1.82) is 0 Å². The summed E-state index contributed by atoms with van der Waals surface area (Å²) in [6.45, 7) is 7.78. The van der Waals surface area contributed by atoms with Crippen LogP contribution in [-0.2, 0) is 0 Å². The van der Waals surface area contributed by atoms with Gasteiger partial charge < -0.3 is 10.5 Å². The molecule has 0 fully saturated rings. The van der Waals surface area contributed by atoms with Crippen LogP contribution in [0.25, 0.3) is 0 Å². The van der Waals surface area contributed by atoms with E-state index < -0.39 is 12.0 Å². The summed E-state index contributed by atoms with van der Waals surface area (Å²) in [6.07, 6.45) is 0.497. The SMILES string of the molecule is CCC(C)c1ccccc1OC(C)c1nc(N)nc(C)c1C(=O)NN. The lowest BCUT2D eigenvalue weighted by Gasteiger charge is -2.21. The first-order valence-electron chi connectivity index (χ1n) is 8.29. The largest absolute Gasteiger partial charge is 0.484 e. The summed E-state index contributed by atoms with van der Waals surface area (Å²) < 4.78 is 6.13. The van der Waals surface area contributed by atoms with Crippen molar-refractivity contribution in [2.45, 2.75) is 46.1 Å². The molecule has 0 aliphatic heterocycles. The Morgan fingerprint density at radius 3 is 2.60 bits per heavy atom. The first-order chi connectivity index (χ1) is 11.9. The number of carbonyl (C=O) groups is 1. The van der Waals surface area contributed by atoms with Gasteiger partial charge in [0.2, 0.25) is 5.95 Å². The van der Waals surface area contributed by atoms with E-state index in [-0.39, 0.29) is 11.5 Å². The molecule has 0 bridgehead atoms. The molecular weight excluding hydrogens is 318 g/mol. The molecule has 1 aromatic carbocycles. The molecule has 0 aliphatic rings. The van der Waals surface area contributed by atoms with Gasteiger partial charge in [-0.3, -0.25) is 10.2 Å². The van der Waals surface area contributed by atoms with E-state index in [9.17, 15) is 4.79 Å². The Labute approximate surface area is 147 Å². The van der Waals surface area contributed by atoms with Crippen LogP contribution in [0.4, 0.5) is 5.95 Å². The Kier molecular flexibility index (Phi) is 5.93. The molecule has 2 aromatic rings. The van der Waals surface area contributed by atoms with Crippen molar-refractivity contribution in [2.75, 3.05) is 5.73 Å². The number of nitrogen functional groups attached to an aromatic ring is 2. The molecule has 1 amide bonds. The number of hydrogen-bond donors (Lipinski definition) is 3. The maximum absolute atomic E-state index is 12.1. The number of hydrogen-bond acceptors (Lipinski definition) is 6. The maximum atomic E-state index is 12.1.